The highest BCUT2D eigenvalue weighted by Gasteiger charge is 2.18. The van der Waals surface area contributed by atoms with Gasteiger partial charge in [0.25, 0.3) is 0 Å². The number of rotatable bonds is 9. The summed E-state index contributed by atoms with van der Waals surface area (Å²) in [6.07, 6.45) is 2.05. The standard InChI is InChI=1S/C19H27N3O3/c1-14(20-13-16(22(2)3)18-10-7-11-25-18)12-19(23)21-15-8-5-6-9-17(15)24-4/h5-11,14,16,20H,12-13H2,1-4H3,(H,21,23)/t14-,16+/m1/s1. The van der Waals surface area contributed by atoms with Crippen molar-refractivity contribution in [1.29, 1.82) is 0 Å². The first-order valence-electron chi connectivity index (χ1n) is 8.37. The largest absolute Gasteiger partial charge is 0.495 e. The van der Waals surface area contributed by atoms with Gasteiger partial charge >= 0.3 is 0 Å². The zero-order valence-corrected chi connectivity index (χ0v) is 15.3. The Morgan fingerprint density at radius 1 is 1.24 bits per heavy atom. The Bertz CT molecular complexity index is 656. The minimum absolute atomic E-state index is 0.0344. The molecule has 0 bridgehead atoms. The Balaban J connectivity index is 1.84. The second kappa shape index (κ2) is 9.25. The molecule has 0 aliphatic heterocycles. The molecule has 25 heavy (non-hydrogen) atoms. The number of anilines is 1. The van der Waals surface area contributed by atoms with Gasteiger partial charge in [0.1, 0.15) is 11.5 Å². The predicted octanol–water partition coefficient (Wildman–Crippen LogP) is 2.90. The molecular weight excluding hydrogens is 318 g/mol. The van der Waals surface area contributed by atoms with Gasteiger partial charge in [0.2, 0.25) is 5.91 Å². The smallest absolute Gasteiger partial charge is 0.226 e. The summed E-state index contributed by atoms with van der Waals surface area (Å²) in [7, 11) is 5.60. The van der Waals surface area contributed by atoms with Crippen molar-refractivity contribution in [2.45, 2.75) is 25.4 Å². The summed E-state index contributed by atoms with van der Waals surface area (Å²) < 4.78 is 10.8. The van der Waals surface area contributed by atoms with Crippen LogP contribution in [0.1, 0.15) is 25.1 Å². The summed E-state index contributed by atoms with van der Waals surface area (Å²) in [4.78, 5) is 14.4. The number of methoxy groups -OCH3 is 1. The molecule has 1 amide bonds. The van der Waals surface area contributed by atoms with Crippen LogP contribution in [0, 0.1) is 0 Å². The van der Waals surface area contributed by atoms with Crippen molar-refractivity contribution < 1.29 is 13.9 Å². The highest BCUT2D eigenvalue weighted by molar-refractivity contribution is 5.92. The molecule has 0 aliphatic rings. The van der Waals surface area contributed by atoms with Crippen LogP contribution in [0.3, 0.4) is 0 Å². The van der Waals surface area contributed by atoms with Crippen LogP contribution in [-0.2, 0) is 4.79 Å². The Hall–Kier alpha value is -2.31. The Kier molecular flexibility index (Phi) is 7.03. The minimum Gasteiger partial charge on any atom is -0.495 e. The summed E-state index contributed by atoms with van der Waals surface area (Å²) >= 11 is 0. The maximum absolute atomic E-state index is 12.3. The van der Waals surface area contributed by atoms with Crippen molar-refractivity contribution in [3.05, 3.63) is 48.4 Å². The number of nitrogens with one attached hydrogen (secondary N) is 2. The molecule has 0 saturated heterocycles. The molecular formula is C19H27N3O3. The summed E-state index contributed by atoms with van der Waals surface area (Å²) in [6.45, 7) is 2.69. The minimum atomic E-state index is -0.0519. The van der Waals surface area contributed by atoms with Gasteiger partial charge in [0.15, 0.2) is 0 Å². The lowest BCUT2D eigenvalue weighted by atomic mass is 10.1. The molecule has 0 aliphatic carbocycles. The fraction of sp³-hybridized carbons (Fsp3) is 0.421. The lowest BCUT2D eigenvalue weighted by Crippen LogP contribution is -2.37. The number of para-hydroxylation sites is 2. The van der Waals surface area contributed by atoms with E-state index in [1.807, 2.05) is 57.4 Å². The molecule has 136 valence electrons. The fourth-order valence-electron chi connectivity index (χ4n) is 2.63. The normalized spacial score (nSPS) is 13.5. The molecule has 1 aromatic carbocycles. The molecule has 6 heteroatoms. The summed E-state index contributed by atoms with van der Waals surface area (Å²) in [5.41, 5.74) is 0.684. The van der Waals surface area contributed by atoms with E-state index < -0.39 is 0 Å². The van der Waals surface area contributed by atoms with Gasteiger partial charge in [0, 0.05) is 19.0 Å². The molecule has 2 rings (SSSR count). The quantitative estimate of drug-likeness (QED) is 0.731. The Morgan fingerprint density at radius 3 is 2.64 bits per heavy atom. The third-order valence-electron chi connectivity index (χ3n) is 4.03. The van der Waals surface area contributed by atoms with Gasteiger partial charge in [-0.3, -0.25) is 9.69 Å². The third-order valence-corrected chi connectivity index (χ3v) is 4.03. The van der Waals surface area contributed by atoms with Crippen LogP contribution < -0.4 is 15.4 Å². The number of amides is 1. The van der Waals surface area contributed by atoms with Crippen molar-refractivity contribution in [3.63, 3.8) is 0 Å². The van der Waals surface area contributed by atoms with Crippen LogP contribution in [0.4, 0.5) is 5.69 Å². The maximum Gasteiger partial charge on any atom is 0.226 e. The van der Waals surface area contributed by atoms with Crippen molar-refractivity contribution in [2.75, 3.05) is 33.1 Å². The van der Waals surface area contributed by atoms with Gasteiger partial charge in [-0.2, -0.15) is 0 Å². The second-order valence-electron chi connectivity index (χ2n) is 6.26. The van der Waals surface area contributed by atoms with E-state index in [-0.39, 0.29) is 18.0 Å². The van der Waals surface area contributed by atoms with Crippen LogP contribution >= 0.6 is 0 Å². The molecule has 2 aromatic rings. The Labute approximate surface area is 149 Å². The van der Waals surface area contributed by atoms with E-state index in [2.05, 4.69) is 15.5 Å². The number of ether oxygens (including phenoxy) is 1. The molecule has 1 aromatic heterocycles. The zero-order valence-electron chi connectivity index (χ0n) is 15.3. The first-order valence-corrected chi connectivity index (χ1v) is 8.37. The molecule has 0 saturated carbocycles. The highest BCUT2D eigenvalue weighted by Crippen LogP contribution is 2.23. The Morgan fingerprint density at radius 2 is 2.00 bits per heavy atom. The molecule has 2 atom stereocenters. The SMILES string of the molecule is COc1ccccc1NC(=O)C[C@@H](C)NC[C@@H](c1ccco1)N(C)C. The molecule has 0 unspecified atom stereocenters. The summed E-state index contributed by atoms with van der Waals surface area (Å²) in [6, 6.07) is 11.4. The van der Waals surface area contributed by atoms with Gasteiger partial charge in [-0.25, -0.2) is 0 Å². The van der Waals surface area contributed by atoms with E-state index >= 15 is 0 Å². The van der Waals surface area contributed by atoms with Gasteiger partial charge in [-0.1, -0.05) is 12.1 Å². The number of hydrogen-bond acceptors (Lipinski definition) is 5. The molecule has 2 N–H and O–H groups in total. The van der Waals surface area contributed by atoms with E-state index in [1.54, 1.807) is 13.4 Å². The lowest BCUT2D eigenvalue weighted by molar-refractivity contribution is -0.116. The van der Waals surface area contributed by atoms with Crippen molar-refractivity contribution in [2.24, 2.45) is 0 Å². The van der Waals surface area contributed by atoms with Crippen LogP contribution in [0.5, 0.6) is 5.75 Å². The third kappa shape index (κ3) is 5.62. The first kappa shape index (κ1) is 19.0. The van der Waals surface area contributed by atoms with E-state index in [1.165, 1.54) is 0 Å². The van der Waals surface area contributed by atoms with Crippen LogP contribution in [-0.4, -0.2) is 44.6 Å². The highest BCUT2D eigenvalue weighted by atomic mass is 16.5. The maximum atomic E-state index is 12.3. The number of benzene rings is 1. The predicted molar refractivity (Wildman–Crippen MR) is 98.8 cm³/mol. The van der Waals surface area contributed by atoms with Crippen molar-refractivity contribution in [3.8, 4) is 5.75 Å². The van der Waals surface area contributed by atoms with Gasteiger partial charge in [-0.05, 0) is 45.3 Å². The van der Waals surface area contributed by atoms with E-state index in [0.717, 1.165) is 5.76 Å². The van der Waals surface area contributed by atoms with Gasteiger partial charge in [-0.15, -0.1) is 0 Å². The summed E-state index contributed by atoms with van der Waals surface area (Å²) in [5.74, 6) is 1.51. The van der Waals surface area contributed by atoms with Crippen LogP contribution in [0.2, 0.25) is 0 Å². The van der Waals surface area contributed by atoms with Crippen molar-refractivity contribution >= 4 is 11.6 Å². The first-order chi connectivity index (χ1) is 12.0. The number of carbonyl (C=O) groups is 1. The lowest BCUT2D eigenvalue weighted by Gasteiger charge is -2.24. The second-order valence-corrected chi connectivity index (χ2v) is 6.26. The summed E-state index contributed by atoms with van der Waals surface area (Å²) in [5, 5.41) is 6.30. The molecule has 0 spiro atoms. The van der Waals surface area contributed by atoms with Gasteiger partial charge in [0.05, 0.1) is 25.1 Å². The topological polar surface area (TPSA) is 66.7 Å². The molecule has 1 heterocycles. The van der Waals surface area contributed by atoms with E-state index in [4.69, 9.17) is 9.15 Å². The molecule has 0 fully saturated rings. The monoisotopic (exact) mass is 345 g/mol. The number of nitrogens with zero attached hydrogens (tertiary/aromatic N) is 1. The average Bonchev–Trinajstić information content (AvgIpc) is 3.09. The number of hydrogen-bond donors (Lipinski definition) is 2. The van der Waals surface area contributed by atoms with E-state index in [0.29, 0.717) is 24.4 Å². The number of carbonyl (C=O) groups excluding carboxylic acids is 1. The average molecular weight is 345 g/mol. The number of likely N-dealkylation sites (N-methyl/N-ethyl adjacent to an activating group) is 1. The van der Waals surface area contributed by atoms with Crippen molar-refractivity contribution in [1.82, 2.24) is 10.2 Å². The molecule has 0 radical (unpaired) electrons. The van der Waals surface area contributed by atoms with Crippen LogP contribution in [0.25, 0.3) is 0 Å². The number of furan rings is 1. The van der Waals surface area contributed by atoms with E-state index in [9.17, 15) is 4.79 Å². The zero-order chi connectivity index (χ0) is 18.2. The van der Waals surface area contributed by atoms with Crippen LogP contribution in [0.15, 0.2) is 47.1 Å². The fourth-order valence-corrected chi connectivity index (χ4v) is 2.63. The van der Waals surface area contributed by atoms with Gasteiger partial charge < -0.3 is 19.8 Å². The molecule has 6 nitrogen and oxygen atoms in total.